The Morgan fingerprint density at radius 3 is 2.00 bits per heavy atom. The van der Waals surface area contributed by atoms with E-state index in [4.69, 9.17) is 5.73 Å². The van der Waals surface area contributed by atoms with Crippen molar-refractivity contribution < 1.29 is 0 Å². The highest BCUT2D eigenvalue weighted by molar-refractivity contribution is 5.07. The van der Waals surface area contributed by atoms with Crippen molar-refractivity contribution in [2.45, 2.75) is 52.1 Å². The summed E-state index contributed by atoms with van der Waals surface area (Å²) in [6, 6.07) is 0.597. The molecule has 0 bridgehead atoms. The van der Waals surface area contributed by atoms with Gasteiger partial charge in [-0.05, 0) is 39.2 Å². The van der Waals surface area contributed by atoms with E-state index in [1.807, 2.05) is 0 Å². The van der Waals surface area contributed by atoms with Crippen LogP contribution < -0.4 is 5.73 Å². The second kappa shape index (κ2) is 3.25. The number of hydrogen-bond acceptors (Lipinski definition) is 2. The first-order chi connectivity index (χ1) is 5.83. The third-order valence-corrected chi connectivity index (χ3v) is 3.52. The lowest BCUT2D eigenvalue weighted by atomic mass is 9.58. The van der Waals surface area contributed by atoms with Gasteiger partial charge in [0.05, 0.1) is 0 Å². The summed E-state index contributed by atoms with van der Waals surface area (Å²) in [4.78, 5) is 2.44. The molecule has 2 N–H and O–H groups in total. The summed E-state index contributed by atoms with van der Waals surface area (Å²) in [5.74, 6) is 0. The number of likely N-dealkylation sites (N-methyl/N-ethyl adjacent to an activating group) is 1. The predicted octanol–water partition coefficient (Wildman–Crippen LogP) is 1.84. The molecule has 0 spiro atoms. The molecule has 0 aromatic rings. The molecule has 0 aliphatic heterocycles. The molecule has 1 aliphatic rings. The maximum absolute atomic E-state index is 5.89. The first-order valence-corrected chi connectivity index (χ1v) is 5.26. The molecule has 2 nitrogen and oxygen atoms in total. The third-order valence-electron chi connectivity index (χ3n) is 3.52. The first-order valence-electron chi connectivity index (χ1n) is 5.26. The van der Waals surface area contributed by atoms with Crippen LogP contribution in [-0.4, -0.2) is 30.1 Å². The van der Waals surface area contributed by atoms with Gasteiger partial charge in [0.2, 0.25) is 0 Å². The molecule has 1 rings (SSSR count). The van der Waals surface area contributed by atoms with Crippen molar-refractivity contribution in [3.8, 4) is 0 Å². The Morgan fingerprint density at radius 2 is 1.77 bits per heavy atom. The van der Waals surface area contributed by atoms with Crippen LogP contribution in [0.15, 0.2) is 0 Å². The molecule has 1 saturated carbocycles. The van der Waals surface area contributed by atoms with Gasteiger partial charge < -0.3 is 5.73 Å². The monoisotopic (exact) mass is 184 g/mol. The molecule has 0 radical (unpaired) electrons. The lowest BCUT2D eigenvalue weighted by Gasteiger charge is -2.58. The molecule has 0 heterocycles. The first kappa shape index (κ1) is 11.0. The van der Waals surface area contributed by atoms with Crippen LogP contribution in [-0.2, 0) is 0 Å². The highest BCUT2D eigenvalue weighted by atomic mass is 15.2. The van der Waals surface area contributed by atoms with E-state index < -0.39 is 0 Å². The van der Waals surface area contributed by atoms with Crippen LogP contribution in [0.5, 0.6) is 0 Å². The molecule has 0 atom stereocenters. The van der Waals surface area contributed by atoms with Gasteiger partial charge in [-0.2, -0.15) is 0 Å². The molecule has 0 aromatic carbocycles. The van der Waals surface area contributed by atoms with Crippen molar-refractivity contribution >= 4 is 0 Å². The Balaban J connectivity index is 2.65. The Bertz CT molecular complexity index is 177. The second-order valence-electron chi connectivity index (χ2n) is 5.65. The topological polar surface area (TPSA) is 29.3 Å². The van der Waals surface area contributed by atoms with Crippen LogP contribution in [0.4, 0.5) is 0 Å². The number of nitrogens with zero attached hydrogens (tertiary/aromatic N) is 1. The molecular formula is C11H24N2. The van der Waals surface area contributed by atoms with E-state index in [-0.39, 0.29) is 5.54 Å². The van der Waals surface area contributed by atoms with Gasteiger partial charge in [0.25, 0.3) is 0 Å². The van der Waals surface area contributed by atoms with Gasteiger partial charge in [0.1, 0.15) is 0 Å². The molecule has 1 fully saturated rings. The highest BCUT2D eigenvalue weighted by Gasteiger charge is 2.51. The molecule has 78 valence electrons. The fourth-order valence-electron chi connectivity index (χ4n) is 2.82. The minimum atomic E-state index is 0.289. The fraction of sp³-hybridized carbons (Fsp3) is 1.00. The summed E-state index contributed by atoms with van der Waals surface area (Å²) in [6.45, 7) is 9.93. The molecule has 0 unspecified atom stereocenters. The number of nitrogens with two attached hydrogens (primary N) is 1. The SMILES string of the molecule is CC(C)N(C)C1(CN)CC(C)(C)C1. The molecule has 0 saturated heterocycles. The third kappa shape index (κ3) is 1.89. The molecule has 2 heteroatoms. The van der Waals surface area contributed by atoms with Crippen molar-refractivity contribution in [1.82, 2.24) is 4.90 Å². The fourth-order valence-corrected chi connectivity index (χ4v) is 2.82. The standard InChI is InChI=1S/C11H24N2/c1-9(2)13(5)11(8-12)6-10(3,4)7-11/h9H,6-8,12H2,1-5H3. The summed E-state index contributed by atoms with van der Waals surface area (Å²) < 4.78 is 0. The van der Waals surface area contributed by atoms with Gasteiger partial charge in [-0.3, -0.25) is 4.90 Å². The van der Waals surface area contributed by atoms with Gasteiger partial charge in [0, 0.05) is 18.1 Å². The summed E-state index contributed by atoms with van der Waals surface area (Å²) in [5, 5.41) is 0. The minimum absolute atomic E-state index is 0.289. The van der Waals surface area contributed by atoms with Crippen LogP contribution >= 0.6 is 0 Å². The Kier molecular flexibility index (Phi) is 2.75. The van der Waals surface area contributed by atoms with E-state index in [2.05, 4.69) is 39.6 Å². The number of rotatable bonds is 3. The van der Waals surface area contributed by atoms with Crippen LogP contribution in [0.1, 0.15) is 40.5 Å². The maximum Gasteiger partial charge on any atom is 0.0341 e. The summed E-state index contributed by atoms with van der Waals surface area (Å²) in [5.41, 5.74) is 6.68. The molecular weight excluding hydrogens is 160 g/mol. The van der Waals surface area contributed by atoms with Crippen molar-refractivity contribution in [3.05, 3.63) is 0 Å². The zero-order valence-electron chi connectivity index (χ0n) is 9.72. The normalized spacial score (nSPS) is 24.9. The van der Waals surface area contributed by atoms with Gasteiger partial charge in [-0.15, -0.1) is 0 Å². The van der Waals surface area contributed by atoms with Gasteiger partial charge in [-0.1, -0.05) is 13.8 Å². The van der Waals surface area contributed by atoms with E-state index >= 15 is 0 Å². The summed E-state index contributed by atoms with van der Waals surface area (Å²) >= 11 is 0. The van der Waals surface area contributed by atoms with E-state index in [9.17, 15) is 0 Å². The van der Waals surface area contributed by atoms with Gasteiger partial charge >= 0.3 is 0 Å². The lowest BCUT2D eigenvalue weighted by molar-refractivity contribution is -0.0623. The lowest BCUT2D eigenvalue weighted by Crippen LogP contribution is -2.64. The highest BCUT2D eigenvalue weighted by Crippen LogP contribution is 2.50. The van der Waals surface area contributed by atoms with Crippen molar-refractivity contribution in [2.75, 3.05) is 13.6 Å². The van der Waals surface area contributed by atoms with Crippen molar-refractivity contribution in [1.29, 1.82) is 0 Å². The van der Waals surface area contributed by atoms with E-state index in [0.29, 0.717) is 11.5 Å². The smallest absolute Gasteiger partial charge is 0.0341 e. The van der Waals surface area contributed by atoms with Crippen LogP contribution in [0.2, 0.25) is 0 Å². The maximum atomic E-state index is 5.89. The molecule has 1 aliphatic carbocycles. The van der Waals surface area contributed by atoms with E-state index in [1.54, 1.807) is 0 Å². The zero-order chi connectivity index (χ0) is 10.3. The van der Waals surface area contributed by atoms with Crippen LogP contribution in [0, 0.1) is 5.41 Å². The van der Waals surface area contributed by atoms with Crippen LogP contribution in [0.25, 0.3) is 0 Å². The zero-order valence-corrected chi connectivity index (χ0v) is 9.72. The Morgan fingerprint density at radius 1 is 1.31 bits per heavy atom. The largest absolute Gasteiger partial charge is 0.329 e. The molecule has 13 heavy (non-hydrogen) atoms. The minimum Gasteiger partial charge on any atom is -0.329 e. The Hall–Kier alpha value is -0.0800. The predicted molar refractivity (Wildman–Crippen MR) is 57.7 cm³/mol. The quantitative estimate of drug-likeness (QED) is 0.725. The second-order valence-corrected chi connectivity index (χ2v) is 5.65. The van der Waals surface area contributed by atoms with Crippen molar-refractivity contribution in [3.63, 3.8) is 0 Å². The molecule has 0 amide bonds. The average molecular weight is 184 g/mol. The summed E-state index contributed by atoms with van der Waals surface area (Å²) in [7, 11) is 2.20. The van der Waals surface area contributed by atoms with Crippen molar-refractivity contribution in [2.24, 2.45) is 11.1 Å². The van der Waals surface area contributed by atoms with Crippen LogP contribution in [0.3, 0.4) is 0 Å². The van der Waals surface area contributed by atoms with E-state index in [0.717, 1.165) is 6.54 Å². The number of hydrogen-bond donors (Lipinski definition) is 1. The van der Waals surface area contributed by atoms with Gasteiger partial charge in [0.15, 0.2) is 0 Å². The molecule has 0 aromatic heterocycles. The van der Waals surface area contributed by atoms with E-state index in [1.165, 1.54) is 12.8 Å². The average Bonchev–Trinajstić information content (AvgIpc) is 1.97. The Labute approximate surface area is 82.5 Å². The van der Waals surface area contributed by atoms with Gasteiger partial charge in [-0.25, -0.2) is 0 Å². The summed E-state index contributed by atoms with van der Waals surface area (Å²) in [6.07, 6.45) is 2.48.